The number of halogens is 3. The van der Waals surface area contributed by atoms with Crippen molar-refractivity contribution in [2.24, 2.45) is 0 Å². The van der Waals surface area contributed by atoms with Gasteiger partial charge in [0.15, 0.2) is 0 Å². The molecule has 0 bridgehead atoms. The van der Waals surface area contributed by atoms with Crippen LogP contribution in [0.5, 0.6) is 0 Å². The van der Waals surface area contributed by atoms with Gasteiger partial charge in [-0.15, -0.1) is 0 Å². The Morgan fingerprint density at radius 3 is 2.43 bits per heavy atom. The van der Waals surface area contributed by atoms with Gasteiger partial charge >= 0.3 is 6.18 Å². The lowest BCUT2D eigenvalue weighted by molar-refractivity contribution is -0.141. The lowest BCUT2D eigenvalue weighted by atomic mass is 10.1. The number of nitrogens with zero attached hydrogens (tertiary/aromatic N) is 3. The lowest BCUT2D eigenvalue weighted by Gasteiger charge is -2.24. The van der Waals surface area contributed by atoms with Crippen LogP contribution in [-0.2, 0) is 12.7 Å². The van der Waals surface area contributed by atoms with Gasteiger partial charge < -0.3 is 0 Å². The molecular formula is C15H16F3N3. The molecule has 0 amide bonds. The molecule has 0 unspecified atom stereocenters. The van der Waals surface area contributed by atoms with Crippen molar-refractivity contribution in [1.82, 2.24) is 14.9 Å². The molecular weight excluding hydrogens is 279 g/mol. The minimum Gasteiger partial charge on any atom is -0.294 e. The van der Waals surface area contributed by atoms with Crippen LogP contribution in [0.4, 0.5) is 13.2 Å². The van der Waals surface area contributed by atoms with Gasteiger partial charge in [-0.3, -0.25) is 14.9 Å². The maximum Gasteiger partial charge on any atom is 0.433 e. The summed E-state index contributed by atoms with van der Waals surface area (Å²) in [5, 5.41) is 0. The maximum absolute atomic E-state index is 12.5. The zero-order chi connectivity index (χ0) is 15.5. The van der Waals surface area contributed by atoms with E-state index < -0.39 is 11.9 Å². The van der Waals surface area contributed by atoms with Crippen molar-refractivity contribution in [2.45, 2.75) is 25.7 Å². The van der Waals surface area contributed by atoms with Crippen LogP contribution >= 0.6 is 0 Å². The van der Waals surface area contributed by atoms with Gasteiger partial charge in [-0.25, -0.2) is 0 Å². The molecule has 0 aromatic carbocycles. The van der Waals surface area contributed by atoms with Gasteiger partial charge in [0.2, 0.25) is 0 Å². The number of alkyl halides is 3. The van der Waals surface area contributed by atoms with Crippen LogP contribution in [0.2, 0.25) is 0 Å². The van der Waals surface area contributed by atoms with E-state index in [0.29, 0.717) is 6.54 Å². The van der Waals surface area contributed by atoms with Crippen LogP contribution < -0.4 is 0 Å². The molecule has 0 saturated heterocycles. The summed E-state index contributed by atoms with van der Waals surface area (Å²) < 4.78 is 37.4. The molecule has 2 aromatic rings. The van der Waals surface area contributed by atoms with E-state index in [1.54, 1.807) is 6.20 Å². The van der Waals surface area contributed by atoms with E-state index in [9.17, 15) is 13.2 Å². The molecule has 0 radical (unpaired) electrons. The molecule has 0 aliphatic rings. The average Bonchev–Trinajstić information content (AvgIpc) is 2.47. The van der Waals surface area contributed by atoms with Gasteiger partial charge in [-0.2, -0.15) is 13.2 Å². The summed E-state index contributed by atoms with van der Waals surface area (Å²) >= 11 is 0. The highest BCUT2D eigenvalue weighted by Gasteiger charge is 2.32. The summed E-state index contributed by atoms with van der Waals surface area (Å²) in [6.45, 7) is 2.50. The Morgan fingerprint density at radius 2 is 1.90 bits per heavy atom. The van der Waals surface area contributed by atoms with Gasteiger partial charge in [-0.1, -0.05) is 12.1 Å². The van der Waals surface area contributed by atoms with Crippen LogP contribution in [0.3, 0.4) is 0 Å². The van der Waals surface area contributed by atoms with E-state index in [1.807, 2.05) is 37.1 Å². The third kappa shape index (κ3) is 4.01. The van der Waals surface area contributed by atoms with E-state index in [4.69, 9.17) is 0 Å². The molecule has 0 N–H and O–H groups in total. The monoisotopic (exact) mass is 295 g/mol. The second-order valence-corrected chi connectivity index (χ2v) is 4.90. The molecule has 0 aliphatic heterocycles. The number of hydrogen-bond donors (Lipinski definition) is 0. The predicted octanol–water partition coefficient (Wildman–Crippen LogP) is 3.69. The smallest absolute Gasteiger partial charge is 0.294 e. The second kappa shape index (κ2) is 6.22. The lowest BCUT2D eigenvalue weighted by Crippen LogP contribution is -2.22. The van der Waals surface area contributed by atoms with Crippen LogP contribution in [-0.4, -0.2) is 21.9 Å². The molecule has 2 rings (SSSR count). The van der Waals surface area contributed by atoms with E-state index in [0.717, 1.165) is 17.3 Å². The van der Waals surface area contributed by atoms with Gasteiger partial charge in [0.25, 0.3) is 0 Å². The normalized spacial score (nSPS) is 13.4. The van der Waals surface area contributed by atoms with E-state index in [2.05, 4.69) is 9.97 Å². The molecule has 1 atom stereocenters. The Hall–Kier alpha value is -1.95. The standard InChI is InChI=1S/C15H16F3N3/c1-11(13-5-3-4-8-19-13)21(2)10-12-6-7-14(20-9-12)15(16,17)18/h3-9,11H,10H2,1-2H3/t11-/m0/s1. The first kappa shape index (κ1) is 15.4. The van der Waals surface area contributed by atoms with Gasteiger partial charge in [0, 0.05) is 25.0 Å². The van der Waals surface area contributed by atoms with E-state index >= 15 is 0 Å². The molecule has 0 fully saturated rings. The SMILES string of the molecule is C[C@@H](c1ccccn1)N(C)Cc1ccc(C(F)(F)F)nc1. The highest BCUT2D eigenvalue weighted by atomic mass is 19.4. The fourth-order valence-electron chi connectivity index (χ4n) is 1.96. The summed E-state index contributed by atoms with van der Waals surface area (Å²) in [7, 11) is 1.90. The van der Waals surface area contributed by atoms with Crippen LogP contribution in [0.25, 0.3) is 0 Å². The van der Waals surface area contributed by atoms with Crippen molar-refractivity contribution < 1.29 is 13.2 Å². The van der Waals surface area contributed by atoms with Gasteiger partial charge in [0.1, 0.15) is 5.69 Å². The predicted molar refractivity (Wildman–Crippen MR) is 73.4 cm³/mol. The summed E-state index contributed by atoms with van der Waals surface area (Å²) in [6, 6.07) is 8.20. The van der Waals surface area contributed by atoms with Crippen molar-refractivity contribution in [2.75, 3.05) is 7.05 Å². The van der Waals surface area contributed by atoms with Crippen molar-refractivity contribution in [3.8, 4) is 0 Å². The minimum absolute atomic E-state index is 0.0634. The molecule has 0 aliphatic carbocycles. The fraction of sp³-hybridized carbons (Fsp3) is 0.333. The van der Waals surface area contributed by atoms with Crippen LogP contribution in [0.15, 0.2) is 42.7 Å². The third-order valence-electron chi connectivity index (χ3n) is 3.32. The summed E-state index contributed by atoms with van der Waals surface area (Å²) in [5.41, 5.74) is 0.778. The minimum atomic E-state index is -4.40. The van der Waals surface area contributed by atoms with Gasteiger partial charge in [-0.05, 0) is 37.7 Å². The summed E-state index contributed by atoms with van der Waals surface area (Å²) in [4.78, 5) is 9.76. The number of pyridine rings is 2. The molecule has 3 nitrogen and oxygen atoms in total. The van der Waals surface area contributed by atoms with Crippen molar-refractivity contribution >= 4 is 0 Å². The molecule has 0 spiro atoms. The second-order valence-electron chi connectivity index (χ2n) is 4.90. The first-order valence-electron chi connectivity index (χ1n) is 6.51. The molecule has 6 heteroatoms. The molecule has 0 saturated carbocycles. The number of aromatic nitrogens is 2. The fourth-order valence-corrected chi connectivity index (χ4v) is 1.96. The Balaban J connectivity index is 2.04. The highest BCUT2D eigenvalue weighted by molar-refractivity contribution is 5.16. The topological polar surface area (TPSA) is 29.0 Å². The van der Waals surface area contributed by atoms with E-state index in [-0.39, 0.29) is 6.04 Å². The Morgan fingerprint density at radius 1 is 1.14 bits per heavy atom. The Bertz CT molecular complexity index is 567. The molecule has 2 aromatic heterocycles. The average molecular weight is 295 g/mol. The molecule has 21 heavy (non-hydrogen) atoms. The third-order valence-corrected chi connectivity index (χ3v) is 3.32. The first-order chi connectivity index (χ1) is 9.88. The van der Waals surface area contributed by atoms with Crippen molar-refractivity contribution in [1.29, 1.82) is 0 Å². The highest BCUT2D eigenvalue weighted by Crippen LogP contribution is 2.27. The summed E-state index contributed by atoms with van der Waals surface area (Å²) in [6.07, 6.45) is -1.41. The van der Waals surface area contributed by atoms with Gasteiger partial charge in [0.05, 0.1) is 5.69 Å². The Labute approximate surface area is 121 Å². The quantitative estimate of drug-likeness (QED) is 0.861. The molecule has 112 valence electrons. The molecule has 2 heterocycles. The maximum atomic E-state index is 12.5. The van der Waals surface area contributed by atoms with Crippen molar-refractivity contribution in [3.63, 3.8) is 0 Å². The largest absolute Gasteiger partial charge is 0.433 e. The van der Waals surface area contributed by atoms with Crippen LogP contribution in [0, 0.1) is 0 Å². The summed E-state index contributed by atoms with van der Waals surface area (Å²) in [5.74, 6) is 0. The van der Waals surface area contributed by atoms with Crippen LogP contribution in [0.1, 0.15) is 29.9 Å². The number of hydrogen-bond acceptors (Lipinski definition) is 3. The van der Waals surface area contributed by atoms with E-state index in [1.165, 1.54) is 12.3 Å². The zero-order valence-corrected chi connectivity index (χ0v) is 11.8. The Kier molecular flexibility index (Phi) is 4.57. The zero-order valence-electron chi connectivity index (χ0n) is 11.8. The first-order valence-corrected chi connectivity index (χ1v) is 6.51. The number of rotatable bonds is 4. The van der Waals surface area contributed by atoms with Crippen molar-refractivity contribution in [3.05, 3.63) is 59.7 Å².